The molecule has 5 unspecified atom stereocenters. The average Bonchev–Trinajstić information content (AvgIpc) is 2.92. The molecule has 3 N–H and O–H groups in total. The van der Waals surface area contributed by atoms with Crippen LogP contribution in [0.5, 0.6) is 0 Å². The third-order valence-electron chi connectivity index (χ3n) is 8.78. The highest BCUT2D eigenvalue weighted by molar-refractivity contribution is 6.11. The number of ketones is 2. The number of hydrogen-bond acceptors (Lipinski definition) is 8. The number of benzene rings is 1. The van der Waals surface area contributed by atoms with Crippen LogP contribution in [0.3, 0.4) is 0 Å². The van der Waals surface area contributed by atoms with E-state index in [9.17, 15) is 19.8 Å². The normalized spacial score (nSPS) is 30.5. The predicted molar refractivity (Wildman–Crippen MR) is 157 cm³/mol. The molecule has 1 heterocycles. The first kappa shape index (κ1) is 32.2. The van der Waals surface area contributed by atoms with Crippen LogP contribution in [0.1, 0.15) is 52.0 Å². The summed E-state index contributed by atoms with van der Waals surface area (Å²) in [5.74, 6) is -0.916. The summed E-state index contributed by atoms with van der Waals surface area (Å²) in [6.45, 7) is 14.1. The molecule has 222 valence electrons. The Morgan fingerprint density at radius 2 is 1.83 bits per heavy atom. The first-order valence-electron chi connectivity index (χ1n) is 14.0. The summed E-state index contributed by atoms with van der Waals surface area (Å²) in [6.07, 6.45) is 1.20. The van der Waals surface area contributed by atoms with Crippen LogP contribution in [0.4, 0.5) is 0 Å². The van der Waals surface area contributed by atoms with Gasteiger partial charge in [-0.2, -0.15) is 0 Å². The van der Waals surface area contributed by atoms with Gasteiger partial charge in [0.2, 0.25) is 5.78 Å². The van der Waals surface area contributed by atoms with E-state index in [4.69, 9.17) is 14.3 Å². The fraction of sp³-hybridized carbons (Fsp3) is 0.485. The van der Waals surface area contributed by atoms with Crippen molar-refractivity contribution in [3.05, 3.63) is 82.9 Å². The van der Waals surface area contributed by atoms with Gasteiger partial charge in [-0.1, -0.05) is 50.4 Å². The lowest BCUT2D eigenvalue weighted by Crippen LogP contribution is -2.57. The van der Waals surface area contributed by atoms with Crippen LogP contribution in [0.15, 0.2) is 77.3 Å². The highest BCUT2D eigenvalue weighted by Gasteiger charge is 2.61. The summed E-state index contributed by atoms with van der Waals surface area (Å²) in [4.78, 5) is 35.0. The Balaban J connectivity index is 0.000000323. The molecule has 8 nitrogen and oxygen atoms in total. The van der Waals surface area contributed by atoms with Crippen LogP contribution in [-0.2, 0) is 30.4 Å². The lowest BCUT2D eigenvalue weighted by Gasteiger charge is -2.55. The molecule has 0 radical (unpaired) electrons. The molecule has 0 spiro atoms. The first-order chi connectivity index (χ1) is 19.4. The Morgan fingerprint density at radius 1 is 1.20 bits per heavy atom. The fourth-order valence-corrected chi connectivity index (χ4v) is 6.83. The number of ether oxygens (including phenoxy) is 2. The molecule has 4 aliphatic rings. The number of hydrogen-bond donors (Lipinski definition) is 3. The van der Waals surface area contributed by atoms with Crippen LogP contribution < -0.4 is 5.32 Å². The lowest BCUT2D eigenvalue weighted by molar-refractivity contribution is -0.137. The summed E-state index contributed by atoms with van der Waals surface area (Å²) in [5, 5.41) is 25.4. The van der Waals surface area contributed by atoms with E-state index in [1.807, 2.05) is 39.1 Å². The molecule has 8 heteroatoms. The third kappa shape index (κ3) is 5.73. The van der Waals surface area contributed by atoms with Crippen molar-refractivity contribution in [2.45, 2.75) is 65.2 Å². The quantitative estimate of drug-likeness (QED) is 0.455. The number of carbonyl (C=O) groups is 3. The van der Waals surface area contributed by atoms with E-state index in [0.717, 1.165) is 12.8 Å². The number of allylic oxidation sites excluding steroid dienone is 2. The van der Waals surface area contributed by atoms with E-state index in [1.165, 1.54) is 12.5 Å². The Bertz CT molecular complexity index is 1260. The molecule has 0 amide bonds. The largest absolute Gasteiger partial charge is 0.504 e. The molecule has 1 aromatic carbocycles. The highest BCUT2D eigenvalue weighted by Crippen LogP contribution is 2.61. The van der Waals surface area contributed by atoms with E-state index in [2.05, 4.69) is 30.6 Å². The molecule has 1 aliphatic heterocycles. The van der Waals surface area contributed by atoms with Crippen molar-refractivity contribution in [1.29, 1.82) is 0 Å². The van der Waals surface area contributed by atoms with Gasteiger partial charge in [0.1, 0.15) is 23.9 Å². The van der Waals surface area contributed by atoms with Crippen molar-refractivity contribution in [1.82, 2.24) is 5.32 Å². The number of aldehydes is 1. The van der Waals surface area contributed by atoms with Gasteiger partial charge in [0.05, 0.1) is 18.1 Å². The topological polar surface area (TPSA) is 122 Å². The zero-order valence-corrected chi connectivity index (χ0v) is 24.8. The van der Waals surface area contributed by atoms with Gasteiger partial charge in [-0.05, 0) is 51.3 Å². The van der Waals surface area contributed by atoms with Gasteiger partial charge in [-0.15, -0.1) is 0 Å². The maximum atomic E-state index is 13.4. The minimum absolute atomic E-state index is 0.0673. The van der Waals surface area contributed by atoms with Crippen molar-refractivity contribution in [3.8, 4) is 0 Å². The number of fused-ring (bicyclic) bond motifs is 4. The number of Topliss-reactive ketones (excluding diaryl/α,β-unsaturated/α-hetero) is 2. The molecule has 5 atom stereocenters. The monoisotopic (exact) mass is 565 g/mol. The predicted octanol–water partition coefficient (Wildman–Crippen LogP) is 4.55. The average molecular weight is 566 g/mol. The molecule has 41 heavy (non-hydrogen) atoms. The van der Waals surface area contributed by atoms with E-state index < -0.39 is 34.6 Å². The number of aliphatic hydroxyl groups excluding tert-OH is 2. The van der Waals surface area contributed by atoms with Crippen LogP contribution in [-0.4, -0.2) is 61.0 Å². The summed E-state index contributed by atoms with van der Waals surface area (Å²) in [7, 11) is 3.49. The molecule has 0 aromatic heterocycles. The molecule has 1 aromatic rings. The number of carbonyl (C=O) groups excluding carboxylic acids is 3. The van der Waals surface area contributed by atoms with Gasteiger partial charge in [0.15, 0.2) is 5.76 Å². The highest BCUT2D eigenvalue weighted by atomic mass is 16.5. The minimum Gasteiger partial charge on any atom is -0.504 e. The zero-order chi connectivity index (χ0) is 30.5. The van der Waals surface area contributed by atoms with Gasteiger partial charge in [0.25, 0.3) is 0 Å². The maximum absolute atomic E-state index is 13.4. The second-order valence-corrected chi connectivity index (χ2v) is 11.3. The second kappa shape index (κ2) is 13.1. The Labute approximate surface area is 242 Å². The molecule has 0 bridgehead atoms. The van der Waals surface area contributed by atoms with Crippen molar-refractivity contribution < 1.29 is 34.1 Å². The summed E-state index contributed by atoms with van der Waals surface area (Å²) in [5.41, 5.74) is 1.09. The molecule has 5 rings (SSSR count). The van der Waals surface area contributed by atoms with Crippen molar-refractivity contribution in [2.75, 3.05) is 20.8 Å². The third-order valence-corrected chi connectivity index (χ3v) is 8.78. The van der Waals surface area contributed by atoms with E-state index in [1.54, 1.807) is 7.11 Å². The van der Waals surface area contributed by atoms with Gasteiger partial charge >= 0.3 is 0 Å². The zero-order valence-electron chi connectivity index (χ0n) is 24.8. The van der Waals surface area contributed by atoms with E-state index in [0.29, 0.717) is 41.6 Å². The number of rotatable bonds is 4. The number of aliphatic hydroxyl groups is 2. The first-order valence-corrected chi connectivity index (χ1v) is 14.0. The molecular formula is C33H43NO7. The van der Waals surface area contributed by atoms with Crippen LogP contribution in [0.2, 0.25) is 0 Å². The Hall–Kier alpha value is -3.33. The van der Waals surface area contributed by atoms with Crippen LogP contribution >= 0.6 is 0 Å². The van der Waals surface area contributed by atoms with Crippen molar-refractivity contribution in [2.24, 2.45) is 16.7 Å². The van der Waals surface area contributed by atoms with Gasteiger partial charge < -0.3 is 29.8 Å². The molecule has 1 saturated heterocycles. The Morgan fingerprint density at radius 3 is 2.41 bits per heavy atom. The van der Waals surface area contributed by atoms with Gasteiger partial charge in [-0.3, -0.25) is 9.59 Å². The van der Waals surface area contributed by atoms with Crippen molar-refractivity contribution >= 4 is 17.9 Å². The summed E-state index contributed by atoms with van der Waals surface area (Å²) in [6, 6.07) is 10.3. The lowest BCUT2D eigenvalue weighted by atomic mass is 9.50. The fourth-order valence-electron chi connectivity index (χ4n) is 6.83. The molecular weight excluding hydrogens is 522 g/mol. The summed E-state index contributed by atoms with van der Waals surface area (Å²) < 4.78 is 11.3. The van der Waals surface area contributed by atoms with Crippen LogP contribution in [0, 0.1) is 16.7 Å². The van der Waals surface area contributed by atoms with Gasteiger partial charge in [0, 0.05) is 48.1 Å². The molecule has 3 aliphatic carbocycles. The van der Waals surface area contributed by atoms with Gasteiger partial charge in [-0.25, -0.2) is 0 Å². The minimum atomic E-state index is -1.01. The van der Waals surface area contributed by atoms with Crippen LogP contribution in [0.25, 0.3) is 0 Å². The second-order valence-electron chi connectivity index (χ2n) is 11.3. The number of nitrogens with one attached hydrogen (secondary N) is 1. The smallest absolute Gasteiger partial charge is 0.224 e. The van der Waals surface area contributed by atoms with E-state index >= 15 is 0 Å². The maximum Gasteiger partial charge on any atom is 0.224 e. The Kier molecular flexibility index (Phi) is 10.3. The SMILES string of the molecule is C=C1OC(COC)C2(C)C(=C(O)C(=O)C3=C2C(O)CC2(C)C(=O)CCCC32)C1=C.CC=O.CNCc1ccccc1. The molecule has 2 fully saturated rings. The standard InChI is InChI=1S/C23H28O6.C8H11N.C2H4O/c1-11-12(2)29-16(10-28-5)23(4)18(11)21(27)20(26)17-13-7-6-8-15(25)22(13,3)9-14(24)19(17)23;1-9-7-8-5-3-2-4-6-8;1-2-3/h13-14,16,24,27H,1-2,6-10H2,3-5H3;2-6,9H,7H2,1H3;2H,1H3. The van der Waals surface area contributed by atoms with E-state index in [-0.39, 0.29) is 30.5 Å². The summed E-state index contributed by atoms with van der Waals surface area (Å²) >= 11 is 0. The number of methoxy groups -OCH3 is 1. The van der Waals surface area contributed by atoms with Crippen molar-refractivity contribution in [3.63, 3.8) is 0 Å². The molecule has 1 saturated carbocycles.